The molecule has 1 aromatic heterocycles. The number of hydrogen-bond donors (Lipinski definition) is 1. The lowest BCUT2D eigenvalue weighted by Gasteiger charge is -2.05. The molecular weight excluding hydrogens is 307 g/mol. The third-order valence-corrected chi connectivity index (χ3v) is 3.97. The average Bonchev–Trinajstić information content (AvgIpc) is 2.94. The normalized spacial score (nSPS) is 10.8. The van der Waals surface area contributed by atoms with E-state index >= 15 is 0 Å². The number of hydrogen-bond acceptors (Lipinski definition) is 2. The third-order valence-electron chi connectivity index (χ3n) is 3.97. The summed E-state index contributed by atoms with van der Waals surface area (Å²) in [6, 6.07) is 11.6. The fourth-order valence-corrected chi connectivity index (χ4v) is 2.66. The summed E-state index contributed by atoms with van der Waals surface area (Å²) < 4.78 is 14.8. The van der Waals surface area contributed by atoms with Gasteiger partial charge < -0.3 is 5.32 Å². The van der Waals surface area contributed by atoms with Gasteiger partial charge in [-0.3, -0.25) is 14.2 Å². The summed E-state index contributed by atoms with van der Waals surface area (Å²) in [5.41, 5.74) is 2.56. The number of fused-ring (bicyclic) bond motifs is 1. The van der Waals surface area contributed by atoms with Crippen LogP contribution >= 0.6 is 0 Å². The van der Waals surface area contributed by atoms with Crippen LogP contribution in [0.1, 0.15) is 34.6 Å². The zero-order chi connectivity index (χ0) is 17.3. The summed E-state index contributed by atoms with van der Waals surface area (Å²) in [5, 5.41) is 3.35. The number of nitrogens with zero attached hydrogens (tertiary/aromatic N) is 1. The molecule has 0 aliphatic heterocycles. The van der Waals surface area contributed by atoms with Gasteiger partial charge in [-0.15, -0.1) is 0 Å². The molecule has 0 saturated heterocycles. The van der Waals surface area contributed by atoms with Crippen LogP contribution in [-0.2, 0) is 6.42 Å². The van der Waals surface area contributed by atoms with Gasteiger partial charge in [-0.1, -0.05) is 19.1 Å². The van der Waals surface area contributed by atoms with Gasteiger partial charge in [0.05, 0.1) is 11.1 Å². The molecule has 0 unspecified atom stereocenters. The van der Waals surface area contributed by atoms with Gasteiger partial charge in [-0.25, -0.2) is 4.39 Å². The van der Waals surface area contributed by atoms with E-state index in [2.05, 4.69) is 12.2 Å². The predicted molar refractivity (Wildman–Crippen MR) is 92.0 cm³/mol. The van der Waals surface area contributed by atoms with Crippen molar-refractivity contribution < 1.29 is 14.0 Å². The van der Waals surface area contributed by atoms with E-state index in [0.717, 1.165) is 6.42 Å². The number of carbonyl (C=O) groups is 2. The Morgan fingerprint density at radius 3 is 2.46 bits per heavy atom. The summed E-state index contributed by atoms with van der Waals surface area (Å²) in [6.45, 7) is 3.43. The van der Waals surface area contributed by atoms with Crippen LogP contribution in [0.3, 0.4) is 0 Å². The predicted octanol–water partition coefficient (Wildman–Crippen LogP) is 4.26. The van der Waals surface area contributed by atoms with Gasteiger partial charge in [-0.2, -0.15) is 0 Å². The Kier molecular flexibility index (Phi) is 4.16. The molecule has 1 amide bonds. The molecule has 1 heterocycles. The minimum Gasteiger partial charge on any atom is -0.322 e. The van der Waals surface area contributed by atoms with Crippen LogP contribution < -0.4 is 5.32 Å². The summed E-state index contributed by atoms with van der Waals surface area (Å²) in [6.07, 6.45) is 2.37. The van der Waals surface area contributed by atoms with Gasteiger partial charge in [0.2, 0.25) is 5.91 Å². The summed E-state index contributed by atoms with van der Waals surface area (Å²) >= 11 is 0. The van der Waals surface area contributed by atoms with Crippen molar-refractivity contribution in [3.63, 3.8) is 0 Å². The van der Waals surface area contributed by atoms with Crippen molar-refractivity contribution in [1.29, 1.82) is 0 Å². The molecule has 0 aliphatic rings. The molecule has 0 bridgehead atoms. The molecule has 24 heavy (non-hydrogen) atoms. The Hall–Kier alpha value is -2.95. The second-order valence-electron chi connectivity index (χ2n) is 5.60. The highest BCUT2D eigenvalue weighted by molar-refractivity contribution is 6.14. The standard InChI is InChI=1S/C19H17FN2O2/c1-3-13-4-7-15(8-5-13)21-19(24)17-11-22(12(2)23)18-10-14(20)6-9-16(17)18/h4-11H,3H2,1-2H3,(H,21,24). The number of aromatic nitrogens is 1. The number of nitrogens with one attached hydrogen (secondary N) is 1. The van der Waals surface area contributed by atoms with E-state index in [4.69, 9.17) is 0 Å². The van der Waals surface area contributed by atoms with Crippen molar-refractivity contribution in [2.45, 2.75) is 20.3 Å². The van der Waals surface area contributed by atoms with Gasteiger partial charge in [0.1, 0.15) is 5.82 Å². The fourth-order valence-electron chi connectivity index (χ4n) is 2.66. The number of aryl methyl sites for hydroxylation is 1. The Morgan fingerprint density at radius 2 is 1.83 bits per heavy atom. The number of anilines is 1. The summed E-state index contributed by atoms with van der Waals surface area (Å²) in [5.74, 6) is -1.07. The average molecular weight is 324 g/mol. The largest absolute Gasteiger partial charge is 0.322 e. The van der Waals surface area contributed by atoms with Crippen molar-refractivity contribution in [3.8, 4) is 0 Å². The highest BCUT2D eigenvalue weighted by Gasteiger charge is 2.17. The van der Waals surface area contributed by atoms with E-state index in [-0.39, 0.29) is 11.8 Å². The number of carbonyl (C=O) groups excluding carboxylic acids is 2. The molecule has 2 aromatic carbocycles. The maximum atomic E-state index is 13.5. The first-order chi connectivity index (χ1) is 11.5. The van der Waals surface area contributed by atoms with Crippen LogP contribution in [0.15, 0.2) is 48.7 Å². The van der Waals surface area contributed by atoms with Gasteiger partial charge in [-0.05, 0) is 42.3 Å². The van der Waals surface area contributed by atoms with Crippen molar-refractivity contribution in [1.82, 2.24) is 4.57 Å². The number of benzene rings is 2. The third kappa shape index (κ3) is 2.93. The van der Waals surface area contributed by atoms with E-state index < -0.39 is 5.82 Å². The van der Waals surface area contributed by atoms with E-state index in [9.17, 15) is 14.0 Å². The molecule has 0 saturated carbocycles. The highest BCUT2D eigenvalue weighted by atomic mass is 19.1. The molecule has 1 N–H and O–H groups in total. The Morgan fingerprint density at radius 1 is 1.12 bits per heavy atom. The molecule has 3 aromatic rings. The molecule has 0 fully saturated rings. The first kappa shape index (κ1) is 15.9. The number of rotatable bonds is 3. The molecule has 3 rings (SSSR count). The minimum absolute atomic E-state index is 0.281. The van der Waals surface area contributed by atoms with Crippen molar-refractivity contribution in [2.75, 3.05) is 5.32 Å². The monoisotopic (exact) mass is 324 g/mol. The van der Waals surface area contributed by atoms with E-state index in [1.807, 2.05) is 24.3 Å². The molecular formula is C19H17FN2O2. The van der Waals surface area contributed by atoms with Crippen LogP contribution in [0.2, 0.25) is 0 Å². The first-order valence-corrected chi connectivity index (χ1v) is 7.71. The number of amides is 1. The van der Waals surface area contributed by atoms with Crippen LogP contribution in [0, 0.1) is 5.82 Å². The quantitative estimate of drug-likeness (QED) is 0.783. The second kappa shape index (κ2) is 6.28. The Labute approximate surface area is 138 Å². The van der Waals surface area contributed by atoms with Crippen molar-refractivity contribution in [2.24, 2.45) is 0 Å². The van der Waals surface area contributed by atoms with Crippen molar-refractivity contribution >= 4 is 28.4 Å². The fraction of sp³-hybridized carbons (Fsp3) is 0.158. The topological polar surface area (TPSA) is 51.1 Å². The van der Waals surface area contributed by atoms with Crippen LogP contribution in [0.25, 0.3) is 10.9 Å². The van der Waals surface area contributed by atoms with E-state index in [0.29, 0.717) is 22.2 Å². The van der Waals surface area contributed by atoms with Gasteiger partial charge in [0.15, 0.2) is 0 Å². The van der Waals surface area contributed by atoms with Crippen LogP contribution in [0.5, 0.6) is 0 Å². The van der Waals surface area contributed by atoms with Crippen LogP contribution in [-0.4, -0.2) is 16.4 Å². The zero-order valence-electron chi connectivity index (χ0n) is 13.5. The van der Waals surface area contributed by atoms with Gasteiger partial charge >= 0.3 is 0 Å². The molecule has 0 radical (unpaired) electrons. The lowest BCUT2D eigenvalue weighted by Crippen LogP contribution is -2.12. The minimum atomic E-state index is -0.454. The van der Waals surface area contributed by atoms with Gasteiger partial charge in [0.25, 0.3) is 5.91 Å². The van der Waals surface area contributed by atoms with E-state index in [1.165, 1.54) is 41.5 Å². The molecule has 122 valence electrons. The SMILES string of the molecule is CCc1ccc(NC(=O)c2cn(C(C)=O)c3cc(F)ccc23)cc1. The Bertz CT molecular complexity index is 926. The first-order valence-electron chi connectivity index (χ1n) is 7.71. The summed E-state index contributed by atoms with van der Waals surface area (Å²) in [4.78, 5) is 24.3. The molecule has 4 nitrogen and oxygen atoms in total. The molecule has 0 aliphatic carbocycles. The van der Waals surface area contributed by atoms with Gasteiger partial charge in [0, 0.05) is 24.2 Å². The second-order valence-corrected chi connectivity index (χ2v) is 5.60. The smallest absolute Gasteiger partial charge is 0.257 e. The molecule has 5 heteroatoms. The molecule has 0 atom stereocenters. The lowest BCUT2D eigenvalue weighted by atomic mass is 10.1. The summed E-state index contributed by atoms with van der Waals surface area (Å²) in [7, 11) is 0. The van der Waals surface area contributed by atoms with E-state index in [1.54, 1.807) is 0 Å². The maximum absolute atomic E-state index is 13.5. The lowest BCUT2D eigenvalue weighted by molar-refractivity contribution is 0.0941. The Balaban J connectivity index is 1.98. The van der Waals surface area contributed by atoms with Crippen LogP contribution in [0.4, 0.5) is 10.1 Å². The number of halogens is 1. The van der Waals surface area contributed by atoms with Crippen molar-refractivity contribution in [3.05, 3.63) is 65.6 Å². The zero-order valence-corrected chi connectivity index (χ0v) is 13.5. The highest BCUT2D eigenvalue weighted by Crippen LogP contribution is 2.24. The molecule has 0 spiro atoms. The maximum Gasteiger partial charge on any atom is 0.257 e.